The first-order valence-corrected chi connectivity index (χ1v) is 7.34. The van der Waals surface area contributed by atoms with Crippen LogP contribution in [0.3, 0.4) is 0 Å². The zero-order chi connectivity index (χ0) is 12.5. The van der Waals surface area contributed by atoms with Crippen molar-refractivity contribution in [3.05, 3.63) is 34.9 Å². The minimum absolute atomic E-state index is 0.622. The quantitative estimate of drug-likeness (QED) is 0.899. The number of nitrogens with zero attached hydrogens (tertiary/aromatic N) is 1. The van der Waals surface area contributed by atoms with Gasteiger partial charge < -0.3 is 5.32 Å². The van der Waals surface area contributed by atoms with Gasteiger partial charge >= 0.3 is 0 Å². The zero-order valence-electron chi connectivity index (χ0n) is 10.9. The Hall–Kier alpha value is -0.570. The third-order valence-electron chi connectivity index (χ3n) is 4.18. The van der Waals surface area contributed by atoms with Crippen LogP contribution in [0.5, 0.6) is 0 Å². The van der Waals surface area contributed by atoms with E-state index in [4.69, 9.17) is 11.6 Å². The first-order chi connectivity index (χ1) is 8.74. The Balaban J connectivity index is 1.53. The van der Waals surface area contributed by atoms with Crippen molar-refractivity contribution in [2.24, 2.45) is 0 Å². The molecule has 0 radical (unpaired) electrons. The molecule has 3 heteroatoms. The Bertz CT molecular complexity index is 417. The fourth-order valence-corrected chi connectivity index (χ4v) is 3.22. The molecule has 1 aromatic rings. The summed E-state index contributed by atoms with van der Waals surface area (Å²) in [5, 5.41) is 4.53. The van der Waals surface area contributed by atoms with Crippen molar-refractivity contribution in [2.75, 3.05) is 6.54 Å². The fourth-order valence-electron chi connectivity index (χ4n) is 3.02. The van der Waals surface area contributed by atoms with Gasteiger partial charge in [0.1, 0.15) is 0 Å². The lowest BCUT2D eigenvalue weighted by atomic mass is 10.1. The first-order valence-electron chi connectivity index (χ1n) is 6.96. The minimum Gasteiger partial charge on any atom is -0.309 e. The Morgan fingerprint density at radius 1 is 1.33 bits per heavy atom. The topological polar surface area (TPSA) is 15.3 Å². The van der Waals surface area contributed by atoms with Crippen LogP contribution < -0.4 is 5.32 Å². The van der Waals surface area contributed by atoms with Crippen molar-refractivity contribution in [2.45, 2.75) is 50.9 Å². The first kappa shape index (κ1) is 12.5. The maximum absolute atomic E-state index is 6.18. The molecule has 1 saturated carbocycles. The highest BCUT2D eigenvalue weighted by Gasteiger charge is 2.38. The molecule has 1 saturated heterocycles. The third-order valence-corrected chi connectivity index (χ3v) is 4.55. The largest absolute Gasteiger partial charge is 0.309 e. The van der Waals surface area contributed by atoms with E-state index >= 15 is 0 Å². The molecule has 2 nitrogen and oxygen atoms in total. The number of nitrogens with one attached hydrogen (secondary N) is 1. The fraction of sp³-hybridized carbons (Fsp3) is 0.600. The highest BCUT2D eigenvalue weighted by Crippen LogP contribution is 2.33. The summed E-state index contributed by atoms with van der Waals surface area (Å²) in [6.45, 7) is 4.45. The number of rotatable bonds is 4. The molecule has 2 unspecified atom stereocenters. The summed E-state index contributed by atoms with van der Waals surface area (Å²) in [6.07, 6.45) is 4.07. The van der Waals surface area contributed by atoms with Gasteiger partial charge in [-0.3, -0.25) is 4.90 Å². The Morgan fingerprint density at radius 2 is 2.11 bits per heavy atom. The van der Waals surface area contributed by atoms with E-state index in [0.29, 0.717) is 6.04 Å². The van der Waals surface area contributed by atoms with Crippen LogP contribution in [0.2, 0.25) is 5.02 Å². The van der Waals surface area contributed by atoms with Gasteiger partial charge in [-0.25, -0.2) is 0 Å². The number of likely N-dealkylation sites (tertiary alicyclic amines) is 1. The molecule has 18 heavy (non-hydrogen) atoms. The van der Waals surface area contributed by atoms with Crippen LogP contribution in [0.1, 0.15) is 31.7 Å². The monoisotopic (exact) mass is 264 g/mol. The second-order valence-electron chi connectivity index (χ2n) is 5.68. The lowest BCUT2D eigenvalue weighted by molar-refractivity contribution is 0.255. The van der Waals surface area contributed by atoms with E-state index in [1.54, 1.807) is 0 Å². The summed E-state index contributed by atoms with van der Waals surface area (Å²) in [7, 11) is 0. The molecule has 2 atom stereocenters. The van der Waals surface area contributed by atoms with Crippen molar-refractivity contribution in [3.8, 4) is 0 Å². The average molecular weight is 265 g/mol. The Labute approximate surface area is 114 Å². The van der Waals surface area contributed by atoms with E-state index < -0.39 is 0 Å². The van der Waals surface area contributed by atoms with Gasteiger partial charge in [-0.1, -0.05) is 29.8 Å². The van der Waals surface area contributed by atoms with Crippen LogP contribution in [0.4, 0.5) is 0 Å². The van der Waals surface area contributed by atoms with Gasteiger partial charge in [-0.15, -0.1) is 0 Å². The number of benzene rings is 1. The van der Waals surface area contributed by atoms with Gasteiger partial charge in [0, 0.05) is 36.2 Å². The van der Waals surface area contributed by atoms with E-state index in [-0.39, 0.29) is 0 Å². The van der Waals surface area contributed by atoms with E-state index in [1.165, 1.54) is 31.4 Å². The number of hydrogen-bond acceptors (Lipinski definition) is 2. The predicted octanol–water partition coefficient (Wildman–Crippen LogP) is 3.05. The van der Waals surface area contributed by atoms with Crippen molar-refractivity contribution >= 4 is 11.6 Å². The lowest BCUT2D eigenvalue weighted by Crippen LogP contribution is -2.33. The van der Waals surface area contributed by atoms with Gasteiger partial charge in [0.2, 0.25) is 0 Å². The summed E-state index contributed by atoms with van der Waals surface area (Å²) < 4.78 is 0. The van der Waals surface area contributed by atoms with Gasteiger partial charge in [0.25, 0.3) is 0 Å². The SMILES string of the molecule is CC1CC(NCc2ccccc2Cl)CN1C1CC1. The maximum atomic E-state index is 6.18. The molecule has 1 aliphatic heterocycles. The molecule has 1 N–H and O–H groups in total. The van der Waals surface area contributed by atoms with Crippen molar-refractivity contribution in [1.29, 1.82) is 0 Å². The van der Waals surface area contributed by atoms with Crippen molar-refractivity contribution in [3.63, 3.8) is 0 Å². The molecule has 0 amide bonds. The third kappa shape index (κ3) is 2.71. The van der Waals surface area contributed by atoms with Crippen LogP contribution >= 0.6 is 11.6 Å². The molecule has 1 heterocycles. The molecule has 98 valence electrons. The number of hydrogen-bond donors (Lipinski definition) is 1. The van der Waals surface area contributed by atoms with Crippen molar-refractivity contribution in [1.82, 2.24) is 10.2 Å². The second kappa shape index (κ2) is 5.20. The maximum Gasteiger partial charge on any atom is 0.0450 e. The highest BCUT2D eigenvalue weighted by atomic mass is 35.5. The minimum atomic E-state index is 0.622. The highest BCUT2D eigenvalue weighted by molar-refractivity contribution is 6.31. The van der Waals surface area contributed by atoms with Crippen molar-refractivity contribution < 1.29 is 0 Å². The number of halogens is 1. The molecular weight excluding hydrogens is 244 g/mol. The standard InChI is InChI=1S/C15H21ClN2/c1-11-8-13(10-18(11)14-6-7-14)17-9-12-4-2-3-5-15(12)16/h2-5,11,13-14,17H,6-10H2,1H3. The molecule has 1 aromatic carbocycles. The van der Waals surface area contributed by atoms with E-state index in [1.807, 2.05) is 12.1 Å². The van der Waals surface area contributed by atoms with Gasteiger partial charge in [-0.2, -0.15) is 0 Å². The van der Waals surface area contributed by atoms with Crippen LogP contribution in [-0.4, -0.2) is 29.6 Å². The van der Waals surface area contributed by atoms with E-state index in [0.717, 1.165) is 23.7 Å². The summed E-state index contributed by atoms with van der Waals surface area (Å²) in [4.78, 5) is 2.67. The predicted molar refractivity (Wildman–Crippen MR) is 75.9 cm³/mol. The second-order valence-corrected chi connectivity index (χ2v) is 6.09. The smallest absolute Gasteiger partial charge is 0.0450 e. The molecule has 2 aliphatic rings. The zero-order valence-corrected chi connectivity index (χ0v) is 11.7. The van der Waals surface area contributed by atoms with Gasteiger partial charge in [0.15, 0.2) is 0 Å². The summed E-state index contributed by atoms with van der Waals surface area (Å²) in [5.41, 5.74) is 1.21. The molecule has 2 fully saturated rings. The van der Waals surface area contributed by atoms with Crippen LogP contribution in [0, 0.1) is 0 Å². The summed E-state index contributed by atoms with van der Waals surface area (Å²) in [6, 6.07) is 10.3. The van der Waals surface area contributed by atoms with Gasteiger partial charge in [-0.05, 0) is 37.8 Å². The lowest BCUT2D eigenvalue weighted by Gasteiger charge is -2.19. The molecular formula is C15H21ClN2. The van der Waals surface area contributed by atoms with E-state index in [2.05, 4.69) is 29.3 Å². The summed E-state index contributed by atoms with van der Waals surface area (Å²) >= 11 is 6.18. The van der Waals surface area contributed by atoms with E-state index in [9.17, 15) is 0 Å². The molecule has 0 bridgehead atoms. The summed E-state index contributed by atoms with van der Waals surface area (Å²) in [5.74, 6) is 0. The van der Waals surface area contributed by atoms with Crippen LogP contribution in [-0.2, 0) is 6.54 Å². The van der Waals surface area contributed by atoms with Gasteiger partial charge in [0.05, 0.1) is 0 Å². The molecule has 0 aromatic heterocycles. The molecule has 1 aliphatic carbocycles. The van der Waals surface area contributed by atoms with Crippen LogP contribution in [0.15, 0.2) is 24.3 Å². The Morgan fingerprint density at radius 3 is 2.83 bits per heavy atom. The molecule has 3 rings (SSSR count). The Kier molecular flexibility index (Phi) is 3.60. The normalized spacial score (nSPS) is 28.8. The van der Waals surface area contributed by atoms with Crippen LogP contribution in [0.25, 0.3) is 0 Å². The average Bonchev–Trinajstić information content (AvgIpc) is 3.13. The molecule has 0 spiro atoms.